The van der Waals surface area contributed by atoms with Crippen molar-refractivity contribution >= 4 is 11.6 Å². The Hall–Kier alpha value is -4.00. The molecule has 2 aromatic carbocycles. The number of carbonyl (C=O) groups excluding carboxylic acids is 1. The van der Waals surface area contributed by atoms with Crippen LogP contribution in [0.3, 0.4) is 0 Å². The molecule has 0 fully saturated rings. The first-order valence-electron chi connectivity index (χ1n) is 10.0. The monoisotopic (exact) mass is 414 g/mol. The van der Waals surface area contributed by atoms with Gasteiger partial charge in [0.2, 0.25) is 11.7 Å². The minimum Gasteiger partial charge on any atom is -0.333 e. The number of para-hydroxylation sites is 1. The minimum absolute atomic E-state index is 0.120. The Bertz CT molecular complexity index is 1290. The number of aromatic nitrogens is 3. The predicted octanol–water partition coefficient (Wildman–Crippen LogP) is 4.07. The standard InChI is InChI=1S/C24H22N4O3/c1-3-17-10-5-7-13-20(17)25-21(29)15-28-14-8-12-19(24(28)30)23-26-22(27-31-23)18-11-6-4-9-16(18)2/h4-14H,3,15H2,1-2H3,(H,25,29). The first-order chi connectivity index (χ1) is 15.1. The van der Waals surface area contributed by atoms with E-state index in [9.17, 15) is 9.59 Å². The number of nitrogens with zero attached hydrogens (tertiary/aromatic N) is 3. The van der Waals surface area contributed by atoms with Gasteiger partial charge in [0.15, 0.2) is 0 Å². The smallest absolute Gasteiger partial charge is 0.263 e. The van der Waals surface area contributed by atoms with Crippen LogP contribution in [0.2, 0.25) is 0 Å². The molecule has 4 rings (SSSR count). The van der Waals surface area contributed by atoms with Crippen molar-refractivity contribution in [2.75, 3.05) is 5.32 Å². The average molecular weight is 414 g/mol. The maximum Gasteiger partial charge on any atom is 0.263 e. The number of amides is 1. The normalized spacial score (nSPS) is 10.8. The molecular weight excluding hydrogens is 392 g/mol. The lowest BCUT2D eigenvalue weighted by Gasteiger charge is -2.11. The third-order valence-electron chi connectivity index (χ3n) is 5.05. The van der Waals surface area contributed by atoms with Crippen molar-refractivity contribution in [3.63, 3.8) is 0 Å². The topological polar surface area (TPSA) is 90.0 Å². The summed E-state index contributed by atoms with van der Waals surface area (Å²) in [6.45, 7) is 3.86. The van der Waals surface area contributed by atoms with Gasteiger partial charge in [-0.3, -0.25) is 9.59 Å². The SMILES string of the molecule is CCc1ccccc1NC(=O)Cn1cccc(-c2nc(-c3ccccc3C)no2)c1=O. The van der Waals surface area contributed by atoms with Gasteiger partial charge in [-0.2, -0.15) is 4.98 Å². The van der Waals surface area contributed by atoms with Gasteiger partial charge in [-0.15, -0.1) is 0 Å². The number of anilines is 1. The molecule has 0 aliphatic carbocycles. The molecule has 0 saturated heterocycles. The second-order valence-electron chi connectivity index (χ2n) is 7.15. The van der Waals surface area contributed by atoms with Crippen molar-refractivity contribution in [1.82, 2.24) is 14.7 Å². The zero-order valence-electron chi connectivity index (χ0n) is 17.3. The van der Waals surface area contributed by atoms with Crippen LogP contribution in [0.4, 0.5) is 5.69 Å². The van der Waals surface area contributed by atoms with Crippen LogP contribution in [0.5, 0.6) is 0 Å². The molecule has 156 valence electrons. The molecule has 0 aliphatic heterocycles. The van der Waals surface area contributed by atoms with E-state index < -0.39 is 0 Å². The molecule has 31 heavy (non-hydrogen) atoms. The van der Waals surface area contributed by atoms with E-state index in [0.717, 1.165) is 28.8 Å². The maximum atomic E-state index is 12.9. The summed E-state index contributed by atoms with van der Waals surface area (Å²) >= 11 is 0. The van der Waals surface area contributed by atoms with E-state index in [1.54, 1.807) is 18.3 Å². The summed E-state index contributed by atoms with van der Waals surface area (Å²) in [6.07, 6.45) is 2.36. The Morgan fingerprint density at radius 1 is 1.03 bits per heavy atom. The fourth-order valence-corrected chi connectivity index (χ4v) is 3.39. The summed E-state index contributed by atoms with van der Waals surface area (Å²) in [5.41, 5.74) is 3.50. The first-order valence-corrected chi connectivity index (χ1v) is 10.0. The Morgan fingerprint density at radius 3 is 2.58 bits per heavy atom. The van der Waals surface area contributed by atoms with E-state index in [1.165, 1.54) is 4.57 Å². The van der Waals surface area contributed by atoms with E-state index in [0.29, 0.717) is 5.82 Å². The van der Waals surface area contributed by atoms with Crippen LogP contribution >= 0.6 is 0 Å². The minimum atomic E-state index is -0.374. The fourth-order valence-electron chi connectivity index (χ4n) is 3.39. The highest BCUT2D eigenvalue weighted by Gasteiger charge is 2.17. The summed E-state index contributed by atoms with van der Waals surface area (Å²) in [5, 5.41) is 6.89. The molecule has 0 aliphatic rings. The third kappa shape index (κ3) is 4.30. The molecule has 0 unspecified atom stereocenters. The van der Waals surface area contributed by atoms with E-state index in [-0.39, 0.29) is 29.5 Å². The molecule has 0 saturated carbocycles. The Labute approximate surface area is 179 Å². The maximum absolute atomic E-state index is 12.9. The second kappa shape index (κ2) is 8.79. The number of rotatable bonds is 6. The van der Waals surface area contributed by atoms with Crippen molar-refractivity contribution in [3.05, 3.63) is 88.3 Å². The van der Waals surface area contributed by atoms with E-state index in [4.69, 9.17) is 4.52 Å². The Kier molecular flexibility index (Phi) is 5.75. The number of pyridine rings is 1. The zero-order valence-corrected chi connectivity index (χ0v) is 17.3. The van der Waals surface area contributed by atoms with Crippen molar-refractivity contribution < 1.29 is 9.32 Å². The molecule has 2 aromatic heterocycles. The van der Waals surface area contributed by atoms with Crippen LogP contribution in [0.1, 0.15) is 18.1 Å². The lowest BCUT2D eigenvalue weighted by atomic mass is 10.1. The highest BCUT2D eigenvalue weighted by atomic mass is 16.5. The number of hydrogen-bond donors (Lipinski definition) is 1. The highest BCUT2D eigenvalue weighted by Crippen LogP contribution is 2.23. The van der Waals surface area contributed by atoms with E-state index in [1.807, 2.05) is 62.4 Å². The van der Waals surface area contributed by atoms with Crippen LogP contribution in [0, 0.1) is 6.92 Å². The second-order valence-corrected chi connectivity index (χ2v) is 7.15. The number of aryl methyl sites for hydroxylation is 2. The molecule has 1 N–H and O–H groups in total. The highest BCUT2D eigenvalue weighted by molar-refractivity contribution is 5.91. The molecule has 7 heteroatoms. The number of benzene rings is 2. The van der Waals surface area contributed by atoms with Crippen LogP contribution in [-0.2, 0) is 17.8 Å². The molecule has 2 heterocycles. The zero-order chi connectivity index (χ0) is 21.8. The molecule has 4 aromatic rings. The average Bonchev–Trinajstić information content (AvgIpc) is 3.25. The molecule has 0 radical (unpaired) electrons. The summed E-state index contributed by atoms with van der Waals surface area (Å²) in [7, 11) is 0. The van der Waals surface area contributed by atoms with Gasteiger partial charge in [0.05, 0.1) is 0 Å². The van der Waals surface area contributed by atoms with Crippen molar-refractivity contribution in [2.45, 2.75) is 26.8 Å². The van der Waals surface area contributed by atoms with Gasteiger partial charge in [0, 0.05) is 17.4 Å². The summed E-state index contributed by atoms with van der Waals surface area (Å²) in [6, 6.07) is 18.6. The first kappa shape index (κ1) is 20.3. The van der Waals surface area contributed by atoms with Gasteiger partial charge in [0.25, 0.3) is 11.4 Å². The molecule has 0 spiro atoms. The third-order valence-corrected chi connectivity index (χ3v) is 5.05. The largest absolute Gasteiger partial charge is 0.333 e. The van der Waals surface area contributed by atoms with Gasteiger partial charge >= 0.3 is 0 Å². The Morgan fingerprint density at radius 2 is 1.77 bits per heavy atom. The molecule has 1 amide bonds. The van der Waals surface area contributed by atoms with Gasteiger partial charge in [0.1, 0.15) is 12.1 Å². The van der Waals surface area contributed by atoms with Crippen LogP contribution < -0.4 is 10.9 Å². The Balaban J connectivity index is 1.57. The van der Waals surface area contributed by atoms with Crippen LogP contribution in [0.25, 0.3) is 22.8 Å². The summed E-state index contributed by atoms with van der Waals surface area (Å²) < 4.78 is 6.68. The lowest BCUT2D eigenvalue weighted by Crippen LogP contribution is -2.28. The number of nitrogens with one attached hydrogen (secondary N) is 1. The van der Waals surface area contributed by atoms with Crippen molar-refractivity contribution in [2.24, 2.45) is 0 Å². The van der Waals surface area contributed by atoms with E-state index in [2.05, 4.69) is 15.5 Å². The van der Waals surface area contributed by atoms with Gasteiger partial charge in [-0.25, -0.2) is 0 Å². The van der Waals surface area contributed by atoms with Crippen molar-refractivity contribution in [1.29, 1.82) is 0 Å². The van der Waals surface area contributed by atoms with Gasteiger partial charge < -0.3 is 14.4 Å². The van der Waals surface area contributed by atoms with Crippen molar-refractivity contribution in [3.8, 4) is 22.8 Å². The van der Waals surface area contributed by atoms with Crippen LogP contribution in [-0.4, -0.2) is 20.6 Å². The van der Waals surface area contributed by atoms with Gasteiger partial charge in [-0.1, -0.05) is 54.5 Å². The molecule has 0 bridgehead atoms. The number of carbonyl (C=O) groups is 1. The van der Waals surface area contributed by atoms with Crippen LogP contribution in [0.15, 0.2) is 76.2 Å². The quantitative estimate of drug-likeness (QED) is 0.514. The molecule has 0 atom stereocenters. The summed E-state index contributed by atoms with van der Waals surface area (Å²) in [4.78, 5) is 29.9. The summed E-state index contributed by atoms with van der Waals surface area (Å²) in [5.74, 6) is 0.248. The molecular formula is C24H22N4O3. The number of hydrogen-bond acceptors (Lipinski definition) is 5. The van der Waals surface area contributed by atoms with Gasteiger partial charge in [-0.05, 0) is 42.7 Å². The lowest BCUT2D eigenvalue weighted by molar-refractivity contribution is -0.116. The van der Waals surface area contributed by atoms with E-state index >= 15 is 0 Å². The molecule has 7 nitrogen and oxygen atoms in total. The fraction of sp³-hybridized carbons (Fsp3) is 0.167. The predicted molar refractivity (Wildman–Crippen MR) is 119 cm³/mol.